The molecule has 0 aromatic rings. The highest BCUT2D eigenvalue weighted by Gasteiger charge is 2.29. The van der Waals surface area contributed by atoms with Gasteiger partial charge in [-0.05, 0) is 6.42 Å². The molecule has 0 rings (SSSR count). The Bertz CT molecular complexity index is 165. The van der Waals surface area contributed by atoms with E-state index >= 15 is 0 Å². The summed E-state index contributed by atoms with van der Waals surface area (Å²) in [5.41, 5.74) is 0. The Morgan fingerprint density at radius 2 is 1.73 bits per heavy atom. The molecule has 0 amide bonds. The topological polar surface area (TPSA) is 35.5 Å². The Labute approximate surface area is 93.1 Å². The maximum atomic E-state index is 11.5. The number of rotatable bonds is 8. The molecule has 0 aromatic heterocycles. The molecule has 15 heavy (non-hydrogen) atoms. The molecule has 0 atom stereocenters. The Hall–Kier alpha value is -0.570. The molecule has 0 bridgehead atoms. The monoisotopic (exact) mass is 216 g/mol. The molecule has 0 N–H and O–H groups in total. The summed E-state index contributed by atoms with van der Waals surface area (Å²) in [5, 5.41) is 0. The minimum Gasteiger partial charge on any atom is -0.433 e. The maximum Gasteiger partial charge on any atom is 0.308 e. The Balaban J connectivity index is 4.00. The highest BCUT2D eigenvalue weighted by Crippen LogP contribution is 2.22. The highest BCUT2D eigenvalue weighted by molar-refractivity contribution is 5.69. The third-order valence-corrected chi connectivity index (χ3v) is 2.73. The zero-order valence-electron chi connectivity index (χ0n) is 10.5. The molecule has 0 aromatic carbocycles. The summed E-state index contributed by atoms with van der Waals surface area (Å²) < 4.78 is 10.6. The van der Waals surface area contributed by atoms with Gasteiger partial charge in [0.25, 0.3) is 0 Å². The van der Waals surface area contributed by atoms with Gasteiger partial charge in [-0.1, -0.05) is 33.6 Å². The second kappa shape index (κ2) is 7.69. The number of unbranched alkanes of at least 4 members (excludes halogenated alkanes) is 2. The van der Waals surface area contributed by atoms with E-state index in [-0.39, 0.29) is 5.97 Å². The number of esters is 1. The van der Waals surface area contributed by atoms with Gasteiger partial charge in [-0.2, -0.15) is 0 Å². The number of hydrogen-bond acceptors (Lipinski definition) is 3. The van der Waals surface area contributed by atoms with Crippen molar-refractivity contribution < 1.29 is 14.3 Å². The second-order valence-electron chi connectivity index (χ2n) is 3.75. The fourth-order valence-electron chi connectivity index (χ4n) is 1.50. The first-order valence-electron chi connectivity index (χ1n) is 5.91. The van der Waals surface area contributed by atoms with Gasteiger partial charge in [-0.15, -0.1) is 0 Å². The van der Waals surface area contributed by atoms with Gasteiger partial charge in [0, 0.05) is 26.4 Å². The molecule has 0 fully saturated rings. The van der Waals surface area contributed by atoms with Crippen molar-refractivity contribution in [3.63, 3.8) is 0 Å². The number of hydrogen-bond donors (Lipinski definition) is 0. The molecule has 0 saturated heterocycles. The fourth-order valence-corrected chi connectivity index (χ4v) is 1.50. The zero-order chi connectivity index (χ0) is 11.7. The highest BCUT2D eigenvalue weighted by atomic mass is 16.7. The summed E-state index contributed by atoms with van der Waals surface area (Å²) in [5.74, 6) is -0.850. The Morgan fingerprint density at radius 3 is 2.13 bits per heavy atom. The van der Waals surface area contributed by atoms with Crippen molar-refractivity contribution in [2.75, 3.05) is 7.11 Å². The number of methoxy groups -OCH3 is 1. The van der Waals surface area contributed by atoms with Crippen LogP contribution in [0.4, 0.5) is 0 Å². The van der Waals surface area contributed by atoms with Gasteiger partial charge in [0.15, 0.2) is 0 Å². The average Bonchev–Trinajstić information content (AvgIpc) is 2.26. The summed E-state index contributed by atoms with van der Waals surface area (Å²) in [4.78, 5) is 11.5. The number of carbonyl (C=O) groups is 1. The predicted octanol–water partition coefficient (Wildman–Crippen LogP) is 3.27. The van der Waals surface area contributed by atoms with Crippen molar-refractivity contribution >= 4 is 5.97 Å². The van der Waals surface area contributed by atoms with E-state index in [9.17, 15) is 4.79 Å². The van der Waals surface area contributed by atoms with Gasteiger partial charge in [0.05, 0.1) is 0 Å². The van der Waals surface area contributed by atoms with Crippen LogP contribution in [0, 0.1) is 0 Å². The number of carbonyl (C=O) groups excluding carboxylic acids is 1. The van der Waals surface area contributed by atoms with Crippen LogP contribution in [0.25, 0.3) is 0 Å². The van der Waals surface area contributed by atoms with E-state index < -0.39 is 5.79 Å². The van der Waals surface area contributed by atoms with E-state index in [0.29, 0.717) is 19.3 Å². The van der Waals surface area contributed by atoms with Crippen LogP contribution < -0.4 is 0 Å². The second-order valence-corrected chi connectivity index (χ2v) is 3.75. The lowest BCUT2D eigenvalue weighted by Gasteiger charge is -2.29. The van der Waals surface area contributed by atoms with Crippen molar-refractivity contribution in [1.82, 2.24) is 0 Å². The smallest absolute Gasteiger partial charge is 0.308 e. The lowest BCUT2D eigenvalue weighted by Crippen LogP contribution is -2.35. The molecule has 0 aliphatic heterocycles. The number of ether oxygens (including phenoxy) is 2. The normalized spacial score (nSPS) is 11.5. The maximum absolute atomic E-state index is 11.5. The van der Waals surface area contributed by atoms with Gasteiger partial charge in [0.1, 0.15) is 0 Å². The molecule has 3 heteroatoms. The molecule has 0 aliphatic carbocycles. The van der Waals surface area contributed by atoms with Gasteiger partial charge in [0.2, 0.25) is 5.79 Å². The van der Waals surface area contributed by atoms with Crippen molar-refractivity contribution in [1.29, 1.82) is 0 Å². The van der Waals surface area contributed by atoms with Crippen LogP contribution in [0.3, 0.4) is 0 Å². The SMILES string of the molecule is CCCCCC(=O)OC(CC)(CC)OC. The molecule has 0 radical (unpaired) electrons. The van der Waals surface area contributed by atoms with Gasteiger partial charge in [-0.3, -0.25) is 4.79 Å². The van der Waals surface area contributed by atoms with E-state index in [0.717, 1.165) is 19.3 Å². The fraction of sp³-hybridized carbons (Fsp3) is 0.917. The molecule has 0 unspecified atom stereocenters. The average molecular weight is 216 g/mol. The van der Waals surface area contributed by atoms with Crippen molar-refractivity contribution in [3.05, 3.63) is 0 Å². The van der Waals surface area contributed by atoms with Crippen molar-refractivity contribution in [2.24, 2.45) is 0 Å². The lowest BCUT2D eigenvalue weighted by molar-refractivity contribution is -0.224. The molecule has 90 valence electrons. The lowest BCUT2D eigenvalue weighted by atomic mass is 10.1. The summed E-state index contributed by atoms with van der Waals surface area (Å²) in [6.07, 6.45) is 4.98. The van der Waals surface area contributed by atoms with Crippen LogP contribution in [0.1, 0.15) is 59.3 Å². The zero-order valence-corrected chi connectivity index (χ0v) is 10.5. The van der Waals surface area contributed by atoms with Gasteiger partial charge < -0.3 is 9.47 Å². The van der Waals surface area contributed by atoms with E-state index in [2.05, 4.69) is 6.92 Å². The minimum atomic E-state index is -0.705. The molecule has 0 heterocycles. The van der Waals surface area contributed by atoms with Crippen molar-refractivity contribution in [2.45, 2.75) is 65.1 Å². The third kappa shape index (κ3) is 5.17. The Morgan fingerprint density at radius 1 is 1.13 bits per heavy atom. The van der Waals surface area contributed by atoms with E-state index in [4.69, 9.17) is 9.47 Å². The largest absolute Gasteiger partial charge is 0.433 e. The van der Waals surface area contributed by atoms with Crippen LogP contribution in [0.2, 0.25) is 0 Å². The summed E-state index contributed by atoms with van der Waals surface area (Å²) in [6.45, 7) is 6.04. The van der Waals surface area contributed by atoms with Crippen LogP contribution in [-0.4, -0.2) is 18.9 Å². The van der Waals surface area contributed by atoms with E-state index in [1.54, 1.807) is 7.11 Å². The third-order valence-electron chi connectivity index (χ3n) is 2.73. The summed E-state index contributed by atoms with van der Waals surface area (Å²) in [6, 6.07) is 0. The van der Waals surface area contributed by atoms with Crippen LogP contribution in [0.15, 0.2) is 0 Å². The van der Waals surface area contributed by atoms with Crippen molar-refractivity contribution in [3.8, 4) is 0 Å². The van der Waals surface area contributed by atoms with Crippen LogP contribution in [-0.2, 0) is 14.3 Å². The molecule has 0 aliphatic rings. The molecule has 3 nitrogen and oxygen atoms in total. The van der Waals surface area contributed by atoms with Crippen LogP contribution >= 0.6 is 0 Å². The molecule has 0 spiro atoms. The molecule has 0 saturated carbocycles. The van der Waals surface area contributed by atoms with Crippen LogP contribution in [0.5, 0.6) is 0 Å². The minimum absolute atomic E-state index is 0.144. The predicted molar refractivity (Wildman–Crippen MR) is 60.6 cm³/mol. The summed E-state index contributed by atoms with van der Waals surface area (Å²) >= 11 is 0. The first-order chi connectivity index (χ1) is 7.14. The standard InChI is InChI=1S/C12H24O3/c1-5-8-9-10-11(13)15-12(6-2,7-3)14-4/h5-10H2,1-4H3. The molecular formula is C12H24O3. The first kappa shape index (κ1) is 14.4. The van der Waals surface area contributed by atoms with E-state index in [1.807, 2.05) is 13.8 Å². The van der Waals surface area contributed by atoms with Gasteiger partial charge >= 0.3 is 5.97 Å². The summed E-state index contributed by atoms with van der Waals surface area (Å²) in [7, 11) is 1.59. The van der Waals surface area contributed by atoms with Gasteiger partial charge in [-0.25, -0.2) is 0 Å². The van der Waals surface area contributed by atoms with E-state index in [1.165, 1.54) is 0 Å². The first-order valence-corrected chi connectivity index (χ1v) is 5.91. The Kier molecular flexibility index (Phi) is 7.39. The quantitative estimate of drug-likeness (QED) is 0.355. The molecular weight excluding hydrogens is 192 g/mol.